The molecule has 1 aromatic carbocycles. The zero-order chi connectivity index (χ0) is 17.1. The van der Waals surface area contributed by atoms with E-state index in [4.69, 9.17) is 4.74 Å². The molecule has 23 heavy (non-hydrogen) atoms. The van der Waals surface area contributed by atoms with Crippen LogP contribution >= 0.6 is 0 Å². The largest absolute Gasteiger partial charge is 0.486 e. The minimum Gasteiger partial charge on any atom is -0.486 e. The second-order valence-electron chi connectivity index (χ2n) is 5.55. The molecule has 0 fully saturated rings. The van der Waals surface area contributed by atoms with Crippen molar-refractivity contribution in [1.82, 2.24) is 0 Å². The van der Waals surface area contributed by atoms with Gasteiger partial charge in [-0.05, 0) is 25.0 Å². The summed E-state index contributed by atoms with van der Waals surface area (Å²) < 4.78 is 5.88. The highest BCUT2D eigenvalue weighted by atomic mass is 16.6. The van der Waals surface area contributed by atoms with E-state index in [1.165, 1.54) is 44.6 Å². The van der Waals surface area contributed by atoms with Crippen LogP contribution in [-0.4, -0.2) is 11.0 Å². The number of nitro benzene ring substituents is 1. The summed E-state index contributed by atoms with van der Waals surface area (Å²) in [6.45, 7) is 6.22. The molecule has 1 atom stereocenters. The number of benzene rings is 1. The lowest BCUT2D eigenvalue weighted by Crippen LogP contribution is -2.16. The Kier molecular flexibility index (Phi) is 9.03. The Morgan fingerprint density at radius 3 is 2.52 bits per heavy atom. The molecule has 0 bridgehead atoms. The Hall–Kier alpha value is -1.84. The molecule has 4 heteroatoms. The number of fused-ring (bicyclic) bond motifs is 1. The number of nitrogens with zero attached hydrogens (tertiary/aromatic N) is 1. The highest BCUT2D eigenvalue weighted by Crippen LogP contribution is 2.30. The van der Waals surface area contributed by atoms with Crippen molar-refractivity contribution in [2.24, 2.45) is 0 Å². The third-order valence-corrected chi connectivity index (χ3v) is 3.82. The first kappa shape index (κ1) is 19.2. The van der Waals surface area contributed by atoms with Crippen molar-refractivity contribution in [1.29, 1.82) is 0 Å². The minimum absolute atomic E-state index is 0.102. The van der Waals surface area contributed by atoms with Gasteiger partial charge in [-0.1, -0.05) is 59.0 Å². The second kappa shape index (κ2) is 10.8. The minimum atomic E-state index is -0.378. The maximum Gasteiger partial charge on any atom is 0.270 e. The molecule has 1 aliphatic heterocycles. The van der Waals surface area contributed by atoms with Gasteiger partial charge in [0.25, 0.3) is 5.69 Å². The molecule has 1 aromatic rings. The van der Waals surface area contributed by atoms with Gasteiger partial charge in [-0.15, -0.1) is 0 Å². The molecule has 1 aliphatic rings. The van der Waals surface area contributed by atoms with Crippen LogP contribution in [0.1, 0.15) is 71.3 Å². The average molecular weight is 319 g/mol. The maximum absolute atomic E-state index is 10.7. The lowest BCUT2D eigenvalue weighted by molar-refractivity contribution is -0.384. The molecular weight excluding hydrogens is 290 g/mol. The highest BCUT2D eigenvalue weighted by Gasteiger charge is 2.17. The van der Waals surface area contributed by atoms with E-state index < -0.39 is 0 Å². The zero-order valence-electron chi connectivity index (χ0n) is 14.6. The standard InChI is InChI=1S/C17H23NO3.C2H6/c1-2-3-4-5-6-7-8-16-11-9-14-13-15(18(19)20)10-12-17(14)21-16;1-2/h9-13,16H,2-8H2,1H3;1-2H3. The molecule has 128 valence electrons. The van der Waals surface area contributed by atoms with Gasteiger partial charge in [-0.3, -0.25) is 10.1 Å². The molecule has 1 unspecified atom stereocenters. The summed E-state index contributed by atoms with van der Waals surface area (Å²) in [4.78, 5) is 10.4. The molecule has 0 aliphatic carbocycles. The third kappa shape index (κ3) is 6.43. The van der Waals surface area contributed by atoms with E-state index in [-0.39, 0.29) is 16.7 Å². The number of nitro groups is 1. The van der Waals surface area contributed by atoms with Crippen LogP contribution in [0.15, 0.2) is 24.3 Å². The van der Waals surface area contributed by atoms with Gasteiger partial charge in [0, 0.05) is 17.7 Å². The molecule has 0 saturated heterocycles. The van der Waals surface area contributed by atoms with E-state index in [1.807, 2.05) is 26.0 Å². The molecule has 0 saturated carbocycles. The van der Waals surface area contributed by atoms with Crippen LogP contribution in [0, 0.1) is 10.1 Å². The summed E-state index contributed by atoms with van der Waals surface area (Å²) in [5.41, 5.74) is 0.903. The Bertz CT molecular complexity index is 511. The lowest BCUT2D eigenvalue weighted by atomic mass is 10.0. The number of unbranched alkanes of at least 4 members (excludes halogenated alkanes) is 5. The van der Waals surface area contributed by atoms with Crippen molar-refractivity contribution in [2.45, 2.75) is 71.8 Å². The molecule has 0 radical (unpaired) electrons. The fourth-order valence-electron chi connectivity index (χ4n) is 2.58. The van der Waals surface area contributed by atoms with Crippen LogP contribution in [0.2, 0.25) is 0 Å². The maximum atomic E-state index is 10.7. The lowest BCUT2D eigenvalue weighted by Gasteiger charge is -2.21. The number of rotatable bonds is 8. The molecule has 0 spiro atoms. The van der Waals surface area contributed by atoms with Crippen LogP contribution in [0.5, 0.6) is 5.75 Å². The van der Waals surface area contributed by atoms with Gasteiger partial charge >= 0.3 is 0 Å². The summed E-state index contributed by atoms with van der Waals surface area (Å²) >= 11 is 0. The van der Waals surface area contributed by atoms with E-state index in [0.29, 0.717) is 0 Å². The van der Waals surface area contributed by atoms with Crippen LogP contribution in [0.3, 0.4) is 0 Å². The van der Waals surface area contributed by atoms with Crippen molar-refractivity contribution in [3.8, 4) is 5.75 Å². The Balaban J connectivity index is 0.00000127. The Morgan fingerprint density at radius 2 is 1.83 bits per heavy atom. The monoisotopic (exact) mass is 319 g/mol. The van der Waals surface area contributed by atoms with Crippen LogP contribution in [-0.2, 0) is 0 Å². The summed E-state index contributed by atoms with van der Waals surface area (Å²) in [7, 11) is 0. The molecule has 2 rings (SSSR count). The molecular formula is C19H29NO3. The average Bonchev–Trinajstić information content (AvgIpc) is 2.59. The first-order valence-electron chi connectivity index (χ1n) is 8.84. The first-order valence-corrected chi connectivity index (χ1v) is 8.84. The van der Waals surface area contributed by atoms with Crippen molar-refractivity contribution < 1.29 is 9.66 Å². The molecule has 0 N–H and O–H groups in total. The van der Waals surface area contributed by atoms with Gasteiger partial charge in [0.2, 0.25) is 0 Å². The van der Waals surface area contributed by atoms with Crippen molar-refractivity contribution in [3.05, 3.63) is 40.0 Å². The Morgan fingerprint density at radius 1 is 1.13 bits per heavy atom. The van der Waals surface area contributed by atoms with E-state index >= 15 is 0 Å². The topological polar surface area (TPSA) is 52.4 Å². The molecule has 0 amide bonds. The zero-order valence-corrected chi connectivity index (χ0v) is 14.6. The van der Waals surface area contributed by atoms with Gasteiger partial charge < -0.3 is 4.74 Å². The SMILES string of the molecule is CC.CCCCCCCCC1C=Cc2cc([N+](=O)[O-])ccc2O1. The van der Waals surface area contributed by atoms with Crippen molar-refractivity contribution in [3.63, 3.8) is 0 Å². The molecule has 4 nitrogen and oxygen atoms in total. The van der Waals surface area contributed by atoms with Gasteiger partial charge in [0.05, 0.1) is 4.92 Å². The Labute approximate surface area is 139 Å². The first-order chi connectivity index (χ1) is 11.2. The summed E-state index contributed by atoms with van der Waals surface area (Å²) in [5, 5.41) is 10.7. The van der Waals surface area contributed by atoms with E-state index in [0.717, 1.165) is 17.7 Å². The van der Waals surface area contributed by atoms with Crippen LogP contribution < -0.4 is 4.74 Å². The van der Waals surface area contributed by atoms with Gasteiger partial charge in [-0.25, -0.2) is 0 Å². The number of hydrogen-bond acceptors (Lipinski definition) is 3. The van der Waals surface area contributed by atoms with E-state index in [1.54, 1.807) is 12.1 Å². The highest BCUT2D eigenvalue weighted by molar-refractivity contribution is 5.63. The van der Waals surface area contributed by atoms with Gasteiger partial charge in [0.1, 0.15) is 11.9 Å². The summed E-state index contributed by atoms with van der Waals surface area (Å²) in [6.07, 6.45) is 12.7. The van der Waals surface area contributed by atoms with Crippen molar-refractivity contribution >= 4 is 11.8 Å². The fourth-order valence-corrected chi connectivity index (χ4v) is 2.58. The van der Waals surface area contributed by atoms with Crippen molar-refractivity contribution in [2.75, 3.05) is 0 Å². The fraction of sp³-hybridized carbons (Fsp3) is 0.579. The molecule has 1 heterocycles. The summed E-state index contributed by atoms with van der Waals surface area (Å²) in [6, 6.07) is 4.76. The predicted octanol–water partition coefficient (Wildman–Crippen LogP) is 6.15. The van der Waals surface area contributed by atoms with Crippen LogP contribution in [0.4, 0.5) is 5.69 Å². The second-order valence-corrected chi connectivity index (χ2v) is 5.55. The van der Waals surface area contributed by atoms with E-state index in [9.17, 15) is 10.1 Å². The van der Waals surface area contributed by atoms with E-state index in [2.05, 4.69) is 6.92 Å². The van der Waals surface area contributed by atoms with Crippen LogP contribution in [0.25, 0.3) is 6.08 Å². The third-order valence-electron chi connectivity index (χ3n) is 3.82. The number of ether oxygens (including phenoxy) is 1. The summed E-state index contributed by atoms with van der Waals surface area (Å²) in [5.74, 6) is 0.749. The smallest absolute Gasteiger partial charge is 0.270 e. The molecule has 0 aromatic heterocycles. The normalized spacial score (nSPS) is 15.2. The van der Waals surface area contributed by atoms with Gasteiger partial charge in [-0.2, -0.15) is 0 Å². The number of hydrogen-bond donors (Lipinski definition) is 0. The predicted molar refractivity (Wildman–Crippen MR) is 95.9 cm³/mol. The van der Waals surface area contributed by atoms with Gasteiger partial charge in [0.15, 0.2) is 0 Å². The quantitative estimate of drug-likeness (QED) is 0.328. The number of non-ortho nitro benzene ring substituents is 1.